The molecule has 0 saturated heterocycles. The molecular formula is C24H24N4O2. The van der Waals surface area contributed by atoms with E-state index in [0.717, 1.165) is 53.4 Å². The number of benzene rings is 2. The molecule has 0 aliphatic carbocycles. The summed E-state index contributed by atoms with van der Waals surface area (Å²) >= 11 is 0. The van der Waals surface area contributed by atoms with Crippen molar-refractivity contribution in [2.75, 3.05) is 11.9 Å². The number of hydrogen-bond donors (Lipinski definition) is 3. The van der Waals surface area contributed by atoms with E-state index in [2.05, 4.69) is 21.7 Å². The maximum absolute atomic E-state index is 12.4. The quantitative estimate of drug-likeness (QED) is 0.373. The van der Waals surface area contributed by atoms with Crippen LogP contribution in [0.15, 0.2) is 59.3 Å². The second kappa shape index (κ2) is 8.85. The van der Waals surface area contributed by atoms with Gasteiger partial charge >= 0.3 is 0 Å². The van der Waals surface area contributed by atoms with Crippen molar-refractivity contribution >= 4 is 33.5 Å². The van der Waals surface area contributed by atoms with Gasteiger partial charge in [0.25, 0.3) is 0 Å². The number of H-pyrrole nitrogens is 1. The number of aryl methyl sites for hydroxylation is 1. The molecule has 0 bridgehead atoms. The number of carbonyl (C=O) groups excluding carboxylic acids is 1. The van der Waals surface area contributed by atoms with Crippen LogP contribution in [0.5, 0.6) is 0 Å². The SMILES string of the molecule is CC(NCCCCc1c[nH]c2ccc(C#N)cc12)C(=O)Nc1ccc2occc2c1. The highest BCUT2D eigenvalue weighted by Crippen LogP contribution is 2.22. The van der Waals surface area contributed by atoms with Gasteiger partial charge in [-0.25, -0.2) is 0 Å². The van der Waals surface area contributed by atoms with Gasteiger partial charge in [-0.1, -0.05) is 0 Å². The molecule has 3 N–H and O–H groups in total. The smallest absolute Gasteiger partial charge is 0.241 e. The number of nitrogens with one attached hydrogen (secondary N) is 3. The number of hydrogen-bond acceptors (Lipinski definition) is 4. The fourth-order valence-electron chi connectivity index (χ4n) is 3.60. The molecule has 0 saturated carbocycles. The highest BCUT2D eigenvalue weighted by atomic mass is 16.3. The molecule has 0 aliphatic heterocycles. The molecule has 152 valence electrons. The van der Waals surface area contributed by atoms with E-state index in [-0.39, 0.29) is 11.9 Å². The summed E-state index contributed by atoms with van der Waals surface area (Å²) in [5.74, 6) is -0.0569. The lowest BCUT2D eigenvalue weighted by Gasteiger charge is -2.14. The maximum Gasteiger partial charge on any atom is 0.241 e. The summed E-state index contributed by atoms with van der Waals surface area (Å²) < 4.78 is 5.32. The van der Waals surface area contributed by atoms with Crippen LogP contribution in [0.3, 0.4) is 0 Å². The minimum Gasteiger partial charge on any atom is -0.464 e. The minimum absolute atomic E-state index is 0.0569. The number of nitrogens with zero attached hydrogens (tertiary/aromatic N) is 1. The molecule has 4 rings (SSSR count). The van der Waals surface area contributed by atoms with Crippen molar-refractivity contribution in [3.05, 3.63) is 66.1 Å². The number of amides is 1. The standard InChI is InChI=1S/C24H24N4O2/c1-16(24(29)28-20-6-8-23-18(13-20)9-11-30-23)26-10-3-2-4-19-15-27-22-7-5-17(14-25)12-21(19)22/h5-9,11-13,15-16,26-27H,2-4,10H2,1H3,(H,28,29). The number of nitriles is 1. The summed E-state index contributed by atoms with van der Waals surface area (Å²) in [4.78, 5) is 15.7. The first kappa shape index (κ1) is 19.7. The summed E-state index contributed by atoms with van der Waals surface area (Å²) in [6.45, 7) is 2.63. The average molecular weight is 400 g/mol. The summed E-state index contributed by atoms with van der Waals surface area (Å²) in [5.41, 5.74) is 4.53. The van der Waals surface area contributed by atoms with Crippen LogP contribution in [-0.2, 0) is 11.2 Å². The third kappa shape index (κ3) is 4.37. The topological polar surface area (TPSA) is 93.9 Å². The van der Waals surface area contributed by atoms with Gasteiger partial charge in [0.15, 0.2) is 0 Å². The number of unbranched alkanes of at least 4 members (excludes halogenated alkanes) is 1. The van der Waals surface area contributed by atoms with Crippen molar-refractivity contribution in [3.8, 4) is 6.07 Å². The normalized spacial score (nSPS) is 12.1. The molecule has 0 radical (unpaired) electrons. The van der Waals surface area contributed by atoms with Crippen molar-refractivity contribution in [2.24, 2.45) is 0 Å². The zero-order chi connectivity index (χ0) is 20.9. The number of rotatable bonds is 8. The molecular weight excluding hydrogens is 376 g/mol. The van der Waals surface area contributed by atoms with Crippen molar-refractivity contribution in [1.82, 2.24) is 10.3 Å². The predicted octanol–water partition coefficient (Wildman–Crippen LogP) is 4.73. The predicted molar refractivity (Wildman–Crippen MR) is 118 cm³/mol. The van der Waals surface area contributed by atoms with Gasteiger partial charge in [0.2, 0.25) is 5.91 Å². The monoisotopic (exact) mass is 400 g/mol. The van der Waals surface area contributed by atoms with Crippen LogP contribution in [0, 0.1) is 11.3 Å². The van der Waals surface area contributed by atoms with E-state index < -0.39 is 0 Å². The Morgan fingerprint density at radius 3 is 2.97 bits per heavy atom. The van der Waals surface area contributed by atoms with Crippen LogP contribution in [0.2, 0.25) is 0 Å². The van der Waals surface area contributed by atoms with E-state index in [1.165, 1.54) is 5.56 Å². The highest BCUT2D eigenvalue weighted by molar-refractivity contribution is 5.96. The molecule has 2 aromatic heterocycles. The first-order chi connectivity index (χ1) is 14.6. The molecule has 0 spiro atoms. The zero-order valence-electron chi connectivity index (χ0n) is 16.9. The third-order valence-electron chi connectivity index (χ3n) is 5.33. The number of furan rings is 1. The van der Waals surface area contributed by atoms with Gasteiger partial charge in [0.05, 0.1) is 23.9 Å². The lowest BCUT2D eigenvalue weighted by molar-refractivity contribution is -0.117. The lowest BCUT2D eigenvalue weighted by atomic mass is 10.1. The van der Waals surface area contributed by atoms with Crippen LogP contribution in [0.4, 0.5) is 5.69 Å². The molecule has 4 aromatic rings. The van der Waals surface area contributed by atoms with E-state index >= 15 is 0 Å². The van der Waals surface area contributed by atoms with E-state index in [4.69, 9.17) is 9.68 Å². The molecule has 2 aromatic carbocycles. The number of fused-ring (bicyclic) bond motifs is 2. The molecule has 1 amide bonds. The van der Waals surface area contributed by atoms with E-state index in [1.807, 2.05) is 55.6 Å². The second-order valence-corrected chi connectivity index (χ2v) is 7.48. The Hall–Kier alpha value is -3.56. The molecule has 2 heterocycles. The first-order valence-electron chi connectivity index (χ1n) is 10.2. The largest absolute Gasteiger partial charge is 0.464 e. The van der Waals surface area contributed by atoms with Gasteiger partial charge in [-0.05, 0) is 80.8 Å². The molecule has 0 aliphatic rings. The summed E-state index contributed by atoms with van der Waals surface area (Å²) in [6, 6.07) is 15.1. The average Bonchev–Trinajstić information content (AvgIpc) is 3.39. The lowest BCUT2D eigenvalue weighted by Crippen LogP contribution is -2.38. The Labute approximate surface area is 174 Å². The van der Waals surface area contributed by atoms with Gasteiger partial charge in [0.1, 0.15) is 5.58 Å². The summed E-state index contributed by atoms with van der Waals surface area (Å²) in [7, 11) is 0. The molecule has 0 fully saturated rings. The van der Waals surface area contributed by atoms with Crippen LogP contribution in [0.1, 0.15) is 30.9 Å². The minimum atomic E-state index is -0.281. The maximum atomic E-state index is 12.4. The fourth-order valence-corrected chi connectivity index (χ4v) is 3.60. The van der Waals surface area contributed by atoms with Crippen LogP contribution >= 0.6 is 0 Å². The van der Waals surface area contributed by atoms with Gasteiger partial charge in [-0.3, -0.25) is 4.79 Å². The molecule has 1 unspecified atom stereocenters. The Balaban J connectivity index is 1.22. The van der Waals surface area contributed by atoms with E-state index in [9.17, 15) is 4.79 Å². The Morgan fingerprint density at radius 2 is 2.10 bits per heavy atom. The van der Waals surface area contributed by atoms with Gasteiger partial charge in [-0.2, -0.15) is 5.26 Å². The van der Waals surface area contributed by atoms with Crippen molar-refractivity contribution in [1.29, 1.82) is 5.26 Å². The number of anilines is 1. The Kier molecular flexibility index (Phi) is 5.82. The Bertz CT molecular complexity index is 1210. The fraction of sp³-hybridized carbons (Fsp3) is 0.250. The molecule has 30 heavy (non-hydrogen) atoms. The van der Waals surface area contributed by atoms with Crippen molar-refractivity contribution in [3.63, 3.8) is 0 Å². The van der Waals surface area contributed by atoms with Gasteiger partial charge in [0, 0.05) is 28.2 Å². The Morgan fingerprint density at radius 1 is 1.20 bits per heavy atom. The molecule has 6 heteroatoms. The number of carbonyl (C=O) groups is 1. The second-order valence-electron chi connectivity index (χ2n) is 7.48. The number of aromatic amines is 1. The molecule has 6 nitrogen and oxygen atoms in total. The van der Waals surface area contributed by atoms with Crippen LogP contribution < -0.4 is 10.6 Å². The van der Waals surface area contributed by atoms with Crippen LogP contribution in [-0.4, -0.2) is 23.5 Å². The van der Waals surface area contributed by atoms with E-state index in [1.54, 1.807) is 6.26 Å². The first-order valence-corrected chi connectivity index (χ1v) is 10.2. The van der Waals surface area contributed by atoms with E-state index in [0.29, 0.717) is 5.56 Å². The zero-order valence-corrected chi connectivity index (χ0v) is 16.9. The summed E-state index contributed by atoms with van der Waals surface area (Å²) in [6.07, 6.45) is 6.55. The van der Waals surface area contributed by atoms with Gasteiger partial charge in [-0.15, -0.1) is 0 Å². The summed E-state index contributed by atoms with van der Waals surface area (Å²) in [5, 5.41) is 17.4. The van der Waals surface area contributed by atoms with Crippen molar-refractivity contribution in [2.45, 2.75) is 32.2 Å². The van der Waals surface area contributed by atoms with Crippen molar-refractivity contribution < 1.29 is 9.21 Å². The highest BCUT2D eigenvalue weighted by Gasteiger charge is 2.12. The van der Waals surface area contributed by atoms with Crippen LogP contribution in [0.25, 0.3) is 21.9 Å². The molecule has 1 atom stereocenters. The van der Waals surface area contributed by atoms with Gasteiger partial charge < -0.3 is 20.0 Å². The third-order valence-corrected chi connectivity index (χ3v) is 5.33. The number of aromatic nitrogens is 1.